The molecule has 2 atom stereocenters. The monoisotopic (exact) mass is 532 g/mol. The molecule has 1 amide bonds. The number of benzene rings is 3. The zero-order valence-corrected chi connectivity index (χ0v) is 21.8. The van der Waals surface area contributed by atoms with Gasteiger partial charge in [0.25, 0.3) is 5.91 Å². The van der Waals surface area contributed by atoms with Gasteiger partial charge in [-0.1, -0.05) is 41.9 Å². The van der Waals surface area contributed by atoms with Crippen molar-refractivity contribution in [2.75, 3.05) is 12.4 Å². The third kappa shape index (κ3) is 6.25. The van der Waals surface area contributed by atoms with Crippen LogP contribution in [0, 0.1) is 13.8 Å². The maximum Gasteiger partial charge on any atom is 0.417 e. The zero-order valence-electron chi connectivity index (χ0n) is 21.1. The number of carboxylic acids is 1. The van der Waals surface area contributed by atoms with Crippen molar-refractivity contribution in [3.63, 3.8) is 0 Å². The lowest BCUT2D eigenvalue weighted by Crippen LogP contribution is -2.40. The van der Waals surface area contributed by atoms with E-state index in [1.165, 1.54) is 24.9 Å². The van der Waals surface area contributed by atoms with Gasteiger partial charge in [-0.2, -0.15) is 13.2 Å². The highest BCUT2D eigenvalue weighted by atomic mass is 35.5. The Kier molecular flexibility index (Phi) is 8.22. The Labute approximate surface area is 218 Å². The van der Waals surface area contributed by atoms with E-state index in [-0.39, 0.29) is 10.9 Å². The quantitative estimate of drug-likeness (QED) is 0.333. The summed E-state index contributed by atoms with van der Waals surface area (Å²) in [6.07, 6.45) is -4.55. The maximum atomic E-state index is 13.3. The third-order valence-electron chi connectivity index (χ3n) is 6.38. The number of rotatable bonds is 7. The van der Waals surface area contributed by atoms with E-state index in [0.717, 1.165) is 17.2 Å². The number of amides is 1. The van der Waals surface area contributed by atoms with E-state index >= 15 is 0 Å². The number of carbonyl (C=O) groups is 2. The van der Waals surface area contributed by atoms with Gasteiger partial charge in [-0.05, 0) is 79.8 Å². The van der Waals surface area contributed by atoms with Crippen molar-refractivity contribution >= 4 is 29.2 Å². The Balaban J connectivity index is 1.87. The molecule has 0 radical (unpaired) electrons. The molecule has 3 aromatic carbocycles. The molecule has 2 N–H and O–H groups in total. The van der Waals surface area contributed by atoms with Crippen LogP contribution >= 0.6 is 11.6 Å². The molecule has 0 saturated carbocycles. The molecular formula is C28H28ClF3N2O3. The summed E-state index contributed by atoms with van der Waals surface area (Å²) in [6, 6.07) is 13.6. The lowest BCUT2D eigenvalue weighted by Gasteiger charge is -2.24. The van der Waals surface area contributed by atoms with Gasteiger partial charge in [0.1, 0.15) is 6.04 Å². The SMILES string of the molecule is Cc1cc(-c2cccc(NC(C)c3ccc(Cl)c(C(F)(F)F)c3)c2)cc(C)c1C(=O)N(C)C(C)C(=O)O. The van der Waals surface area contributed by atoms with Crippen LogP contribution in [-0.2, 0) is 11.0 Å². The fraction of sp³-hybridized carbons (Fsp3) is 0.286. The van der Waals surface area contributed by atoms with Crippen molar-refractivity contribution in [2.24, 2.45) is 0 Å². The number of nitrogens with zero attached hydrogens (tertiary/aromatic N) is 1. The van der Waals surface area contributed by atoms with Crippen molar-refractivity contribution in [3.8, 4) is 11.1 Å². The summed E-state index contributed by atoms with van der Waals surface area (Å²) in [5, 5.41) is 12.1. The minimum Gasteiger partial charge on any atom is -0.480 e. The molecule has 0 aliphatic heterocycles. The molecule has 0 aliphatic rings. The van der Waals surface area contributed by atoms with Crippen molar-refractivity contribution in [1.82, 2.24) is 4.90 Å². The Morgan fingerprint density at radius 3 is 2.16 bits per heavy atom. The normalized spacial score (nSPS) is 13.1. The van der Waals surface area contributed by atoms with Gasteiger partial charge in [-0.25, -0.2) is 4.79 Å². The molecule has 5 nitrogen and oxygen atoms in total. The third-order valence-corrected chi connectivity index (χ3v) is 6.71. The van der Waals surface area contributed by atoms with Crippen LogP contribution in [0.15, 0.2) is 54.6 Å². The molecule has 0 fully saturated rings. The number of halogens is 4. The van der Waals surface area contributed by atoms with Gasteiger partial charge < -0.3 is 15.3 Å². The Bertz CT molecular complexity index is 1320. The van der Waals surface area contributed by atoms with Crippen molar-refractivity contribution in [1.29, 1.82) is 0 Å². The molecular weight excluding hydrogens is 505 g/mol. The first-order valence-corrected chi connectivity index (χ1v) is 11.9. The molecule has 3 rings (SSSR count). The van der Waals surface area contributed by atoms with Crippen molar-refractivity contribution < 1.29 is 27.9 Å². The van der Waals surface area contributed by atoms with Crippen LogP contribution in [-0.4, -0.2) is 35.0 Å². The van der Waals surface area contributed by atoms with Crippen LogP contribution in [0.1, 0.15) is 52.5 Å². The van der Waals surface area contributed by atoms with Gasteiger partial charge >= 0.3 is 12.1 Å². The number of aliphatic carboxylic acids is 1. The Morgan fingerprint density at radius 2 is 1.59 bits per heavy atom. The first-order valence-electron chi connectivity index (χ1n) is 11.6. The molecule has 0 spiro atoms. The van der Waals surface area contributed by atoms with E-state index in [2.05, 4.69) is 5.32 Å². The number of alkyl halides is 3. The number of aryl methyl sites for hydroxylation is 2. The largest absolute Gasteiger partial charge is 0.480 e. The van der Waals surface area contributed by atoms with E-state index in [0.29, 0.717) is 27.9 Å². The highest BCUT2D eigenvalue weighted by molar-refractivity contribution is 6.31. The Hall–Kier alpha value is -3.52. The van der Waals surface area contributed by atoms with Crippen LogP contribution in [0.4, 0.5) is 18.9 Å². The van der Waals surface area contributed by atoms with Crippen molar-refractivity contribution in [3.05, 3.63) is 87.4 Å². The highest BCUT2D eigenvalue weighted by Crippen LogP contribution is 2.37. The molecule has 0 aliphatic carbocycles. The van der Waals surface area contributed by atoms with E-state index in [1.54, 1.807) is 26.8 Å². The first-order chi connectivity index (χ1) is 17.2. The molecule has 37 heavy (non-hydrogen) atoms. The molecule has 0 saturated heterocycles. The summed E-state index contributed by atoms with van der Waals surface area (Å²) in [5.74, 6) is -1.46. The fourth-order valence-corrected chi connectivity index (χ4v) is 4.36. The molecule has 0 bridgehead atoms. The van der Waals surface area contributed by atoms with Gasteiger partial charge in [0.05, 0.1) is 10.6 Å². The standard InChI is InChI=1S/C28H28ClF3N2O3/c1-15-11-21(12-16(2)25(15)26(35)34(5)18(4)27(36)37)20-7-6-8-22(13-20)33-17(3)19-9-10-24(29)23(14-19)28(30,31)32/h6-14,17-18,33H,1-5H3,(H,36,37). The van der Waals surface area contributed by atoms with Gasteiger partial charge in [-0.15, -0.1) is 0 Å². The van der Waals surface area contributed by atoms with Crippen LogP contribution in [0.25, 0.3) is 11.1 Å². The number of likely N-dealkylation sites (N-methyl/N-ethyl adjacent to an activating group) is 1. The number of hydrogen-bond donors (Lipinski definition) is 2. The summed E-state index contributed by atoms with van der Waals surface area (Å²) in [7, 11) is 1.46. The number of nitrogens with one attached hydrogen (secondary N) is 1. The minimum atomic E-state index is -4.55. The lowest BCUT2D eigenvalue weighted by molar-refractivity contribution is -0.141. The lowest BCUT2D eigenvalue weighted by atomic mass is 9.94. The van der Waals surface area contributed by atoms with Gasteiger partial charge in [0, 0.05) is 24.3 Å². The van der Waals surface area contributed by atoms with Crippen LogP contribution in [0.2, 0.25) is 5.02 Å². The minimum absolute atomic E-state index is 0.346. The topological polar surface area (TPSA) is 69.6 Å². The van der Waals surface area contributed by atoms with Crippen LogP contribution in [0.5, 0.6) is 0 Å². The van der Waals surface area contributed by atoms with E-state index < -0.39 is 29.8 Å². The average molecular weight is 533 g/mol. The summed E-state index contributed by atoms with van der Waals surface area (Å²) < 4.78 is 39.8. The van der Waals surface area contributed by atoms with Gasteiger partial charge in [0.15, 0.2) is 0 Å². The molecule has 196 valence electrons. The molecule has 2 unspecified atom stereocenters. The van der Waals surface area contributed by atoms with Crippen molar-refractivity contribution in [2.45, 2.75) is 46.0 Å². The molecule has 3 aromatic rings. The first kappa shape index (κ1) is 28.1. The number of carbonyl (C=O) groups excluding carboxylic acids is 1. The van der Waals surface area contributed by atoms with Crippen LogP contribution in [0.3, 0.4) is 0 Å². The van der Waals surface area contributed by atoms with E-state index in [9.17, 15) is 27.9 Å². The number of hydrogen-bond acceptors (Lipinski definition) is 3. The zero-order chi connectivity index (χ0) is 27.7. The predicted molar refractivity (Wildman–Crippen MR) is 139 cm³/mol. The van der Waals surface area contributed by atoms with Gasteiger partial charge in [-0.3, -0.25) is 4.79 Å². The summed E-state index contributed by atoms with van der Waals surface area (Å²) in [6.45, 7) is 6.81. The second-order valence-corrected chi connectivity index (χ2v) is 9.51. The van der Waals surface area contributed by atoms with E-state index in [1.807, 2.05) is 36.4 Å². The van der Waals surface area contributed by atoms with Gasteiger partial charge in [0.2, 0.25) is 0 Å². The average Bonchev–Trinajstić information content (AvgIpc) is 2.82. The summed E-state index contributed by atoms with van der Waals surface area (Å²) in [4.78, 5) is 25.5. The summed E-state index contributed by atoms with van der Waals surface area (Å²) >= 11 is 5.75. The molecule has 9 heteroatoms. The van der Waals surface area contributed by atoms with E-state index in [4.69, 9.17) is 11.6 Å². The predicted octanol–water partition coefficient (Wildman–Crippen LogP) is 7.36. The molecule has 0 aromatic heterocycles. The number of anilines is 1. The maximum absolute atomic E-state index is 13.3. The summed E-state index contributed by atoms with van der Waals surface area (Å²) in [5.41, 5.74) is 3.83. The highest BCUT2D eigenvalue weighted by Gasteiger charge is 2.33. The molecule has 0 heterocycles. The second kappa shape index (κ2) is 10.8. The Morgan fingerprint density at radius 1 is 0.973 bits per heavy atom. The fourth-order valence-electron chi connectivity index (χ4n) is 4.14. The van der Waals surface area contributed by atoms with Crippen LogP contribution < -0.4 is 5.32 Å². The second-order valence-electron chi connectivity index (χ2n) is 9.10. The number of carboxylic acid groups (broad SMARTS) is 1. The smallest absolute Gasteiger partial charge is 0.417 e.